The monoisotopic (exact) mass is 389 g/mol. The first-order chi connectivity index (χ1) is 13.1. The predicted molar refractivity (Wildman–Crippen MR) is 101 cm³/mol. The van der Waals surface area contributed by atoms with Crippen LogP contribution in [-0.2, 0) is 10.0 Å². The highest BCUT2D eigenvalue weighted by Crippen LogP contribution is 2.25. The van der Waals surface area contributed by atoms with Gasteiger partial charge in [-0.1, -0.05) is 18.2 Å². The van der Waals surface area contributed by atoms with E-state index >= 15 is 0 Å². The van der Waals surface area contributed by atoms with Crippen LogP contribution in [0.15, 0.2) is 53.8 Å². The minimum atomic E-state index is -3.58. The highest BCUT2D eigenvalue weighted by molar-refractivity contribution is 7.89. The Labute approximate surface area is 159 Å². The molecule has 2 fully saturated rings. The van der Waals surface area contributed by atoms with Crippen molar-refractivity contribution in [2.75, 3.05) is 44.2 Å². The average molecular weight is 389 g/mol. The van der Waals surface area contributed by atoms with Gasteiger partial charge in [0, 0.05) is 51.7 Å². The second kappa shape index (κ2) is 7.51. The molecule has 0 unspecified atom stereocenters. The lowest BCUT2D eigenvalue weighted by molar-refractivity contribution is 0.0791. The Morgan fingerprint density at radius 3 is 2.41 bits per heavy atom. The molecule has 144 valence electrons. The maximum atomic E-state index is 12.8. The van der Waals surface area contributed by atoms with E-state index in [1.165, 1.54) is 4.31 Å². The molecule has 2 aromatic rings. The van der Waals surface area contributed by atoms with E-state index in [0.717, 1.165) is 32.0 Å². The number of hydrogen-bond acceptors (Lipinski definition) is 7. The molecule has 0 saturated carbocycles. The molecule has 1 aromatic carbocycles. The molecule has 27 heavy (non-hydrogen) atoms. The first-order valence-corrected chi connectivity index (χ1v) is 10.5. The van der Waals surface area contributed by atoms with Gasteiger partial charge in [-0.15, -0.1) is 0 Å². The molecule has 0 spiro atoms. The van der Waals surface area contributed by atoms with Gasteiger partial charge in [-0.05, 0) is 12.1 Å². The summed E-state index contributed by atoms with van der Waals surface area (Å²) >= 11 is 0. The van der Waals surface area contributed by atoms with Crippen molar-refractivity contribution < 1.29 is 13.5 Å². The summed E-state index contributed by atoms with van der Waals surface area (Å²) in [4.78, 5) is 13.0. The smallest absolute Gasteiger partial charge is 0.243 e. The van der Waals surface area contributed by atoms with Gasteiger partial charge in [0.25, 0.3) is 0 Å². The zero-order valence-electron chi connectivity index (χ0n) is 14.9. The molecule has 0 aliphatic carbocycles. The van der Waals surface area contributed by atoms with Crippen molar-refractivity contribution >= 4 is 15.8 Å². The average Bonchev–Trinajstić information content (AvgIpc) is 3.12. The van der Waals surface area contributed by atoms with E-state index in [2.05, 4.69) is 19.8 Å². The van der Waals surface area contributed by atoms with Gasteiger partial charge < -0.3 is 10.0 Å². The molecule has 1 aromatic heterocycles. The topological polar surface area (TPSA) is 89.9 Å². The fraction of sp³-hybridized carbons (Fsp3) is 0.444. The van der Waals surface area contributed by atoms with Crippen LogP contribution in [0.25, 0.3) is 0 Å². The fourth-order valence-electron chi connectivity index (χ4n) is 3.77. The van der Waals surface area contributed by atoms with E-state index in [-0.39, 0.29) is 17.5 Å². The normalized spacial score (nSPS) is 25.0. The van der Waals surface area contributed by atoms with Crippen LogP contribution < -0.4 is 4.90 Å². The van der Waals surface area contributed by atoms with Crippen molar-refractivity contribution in [3.63, 3.8) is 0 Å². The Balaban J connectivity index is 1.41. The highest BCUT2D eigenvalue weighted by Gasteiger charge is 2.41. The fourth-order valence-corrected chi connectivity index (χ4v) is 5.27. The molecule has 8 nitrogen and oxygen atoms in total. The number of hydrogen-bond donors (Lipinski definition) is 1. The van der Waals surface area contributed by atoms with Gasteiger partial charge in [0.1, 0.15) is 5.82 Å². The minimum absolute atomic E-state index is 0.131. The lowest BCUT2D eigenvalue weighted by atomic mass is 10.1. The van der Waals surface area contributed by atoms with Gasteiger partial charge in [-0.25, -0.2) is 13.4 Å². The van der Waals surface area contributed by atoms with Gasteiger partial charge in [-0.3, -0.25) is 9.88 Å². The van der Waals surface area contributed by atoms with Crippen molar-refractivity contribution in [2.45, 2.75) is 17.0 Å². The first-order valence-electron chi connectivity index (χ1n) is 9.04. The summed E-state index contributed by atoms with van der Waals surface area (Å²) in [7, 11) is -3.58. The van der Waals surface area contributed by atoms with Gasteiger partial charge in [-0.2, -0.15) is 4.31 Å². The first kappa shape index (κ1) is 18.3. The van der Waals surface area contributed by atoms with Crippen LogP contribution in [0, 0.1) is 0 Å². The third-order valence-corrected chi connectivity index (χ3v) is 7.11. The highest BCUT2D eigenvalue weighted by atomic mass is 32.2. The third-order valence-electron chi connectivity index (χ3n) is 5.26. The number of β-amino-alcohol motifs (C(OH)–C–C–N with tert-alkyl or cyclic N) is 1. The number of piperazine rings is 1. The van der Waals surface area contributed by atoms with Crippen molar-refractivity contribution in [3.05, 3.63) is 48.9 Å². The summed E-state index contributed by atoms with van der Waals surface area (Å²) in [5.41, 5.74) is 0. The number of anilines is 1. The Hall–Kier alpha value is -2.07. The van der Waals surface area contributed by atoms with Gasteiger partial charge in [0.2, 0.25) is 10.0 Å². The largest absolute Gasteiger partial charge is 0.390 e. The summed E-state index contributed by atoms with van der Waals surface area (Å²) in [6.07, 6.45) is 4.38. The Kier molecular flexibility index (Phi) is 5.09. The maximum absolute atomic E-state index is 12.8. The molecule has 9 heteroatoms. The number of aromatic nitrogens is 2. The van der Waals surface area contributed by atoms with Crippen molar-refractivity contribution in [1.82, 2.24) is 19.2 Å². The predicted octanol–water partition coefficient (Wildman–Crippen LogP) is 0.0326. The molecular weight excluding hydrogens is 366 g/mol. The standard InChI is InChI=1S/C18H23N5O3S/c24-17-14-23(27(25,26)15-4-2-1-3-5-15)13-16(17)21-8-10-22(11-9-21)18-12-19-6-7-20-18/h1-7,12,16-17,24H,8-11,13-14H2/t16-,17-/m1/s1. The van der Waals surface area contributed by atoms with Crippen LogP contribution in [0.4, 0.5) is 5.82 Å². The third kappa shape index (κ3) is 3.68. The van der Waals surface area contributed by atoms with E-state index in [1.807, 2.05) is 0 Å². The summed E-state index contributed by atoms with van der Waals surface area (Å²) in [6, 6.07) is 8.21. The molecule has 3 heterocycles. The molecule has 4 rings (SSSR count). The van der Waals surface area contributed by atoms with Crippen LogP contribution in [0.5, 0.6) is 0 Å². The second-order valence-corrected chi connectivity index (χ2v) is 8.79. The summed E-state index contributed by atoms with van der Waals surface area (Å²) in [6.45, 7) is 3.48. The van der Waals surface area contributed by atoms with E-state index in [9.17, 15) is 13.5 Å². The number of benzene rings is 1. The second-order valence-electron chi connectivity index (χ2n) is 6.86. The Morgan fingerprint density at radius 2 is 1.74 bits per heavy atom. The Bertz CT molecular complexity index is 857. The van der Waals surface area contributed by atoms with Crippen LogP contribution in [0.3, 0.4) is 0 Å². The van der Waals surface area contributed by atoms with E-state index in [4.69, 9.17) is 0 Å². The summed E-state index contributed by atoms with van der Waals surface area (Å²) in [5, 5.41) is 10.5. The summed E-state index contributed by atoms with van der Waals surface area (Å²) < 4.78 is 27.0. The molecule has 2 aliphatic rings. The van der Waals surface area contributed by atoms with Crippen LogP contribution in [0.1, 0.15) is 0 Å². The van der Waals surface area contributed by atoms with Crippen LogP contribution in [-0.4, -0.2) is 84.1 Å². The van der Waals surface area contributed by atoms with Gasteiger partial charge >= 0.3 is 0 Å². The SMILES string of the molecule is O=S(=O)(c1ccccc1)N1C[C@@H](O)[C@H](N2CCN(c3cnccn3)CC2)C1. The zero-order chi connectivity index (χ0) is 18.9. The lowest BCUT2D eigenvalue weighted by Crippen LogP contribution is -2.54. The quantitative estimate of drug-likeness (QED) is 0.789. The Morgan fingerprint density at radius 1 is 1.00 bits per heavy atom. The van der Waals surface area contributed by atoms with Gasteiger partial charge in [0.05, 0.1) is 23.2 Å². The van der Waals surface area contributed by atoms with Crippen molar-refractivity contribution in [1.29, 1.82) is 0 Å². The van der Waals surface area contributed by atoms with E-state index in [1.54, 1.807) is 48.9 Å². The molecular formula is C18H23N5O3S. The number of nitrogens with zero attached hydrogens (tertiary/aromatic N) is 5. The zero-order valence-corrected chi connectivity index (χ0v) is 15.7. The van der Waals surface area contributed by atoms with Crippen LogP contribution >= 0.6 is 0 Å². The van der Waals surface area contributed by atoms with Crippen molar-refractivity contribution in [3.8, 4) is 0 Å². The molecule has 2 atom stereocenters. The summed E-state index contributed by atoms with van der Waals surface area (Å²) in [5.74, 6) is 0.845. The molecule has 0 amide bonds. The van der Waals surface area contributed by atoms with Crippen molar-refractivity contribution in [2.24, 2.45) is 0 Å². The number of aliphatic hydroxyl groups excluding tert-OH is 1. The van der Waals surface area contributed by atoms with Gasteiger partial charge in [0.15, 0.2) is 0 Å². The van der Waals surface area contributed by atoms with E-state index < -0.39 is 16.1 Å². The molecule has 2 saturated heterocycles. The van der Waals surface area contributed by atoms with E-state index in [0.29, 0.717) is 6.54 Å². The molecule has 0 radical (unpaired) electrons. The number of sulfonamides is 1. The lowest BCUT2D eigenvalue weighted by Gasteiger charge is -2.39. The van der Waals surface area contributed by atoms with Crippen LogP contribution in [0.2, 0.25) is 0 Å². The number of aliphatic hydroxyl groups is 1. The molecule has 0 bridgehead atoms. The minimum Gasteiger partial charge on any atom is -0.390 e. The molecule has 1 N–H and O–H groups in total. The maximum Gasteiger partial charge on any atom is 0.243 e. The number of rotatable bonds is 4. The molecule has 2 aliphatic heterocycles.